The van der Waals surface area contributed by atoms with E-state index in [1.165, 1.54) is 19.3 Å². The van der Waals surface area contributed by atoms with E-state index in [-0.39, 0.29) is 24.3 Å². The fourth-order valence-corrected chi connectivity index (χ4v) is 3.72. The molecule has 2 amide bonds. The van der Waals surface area contributed by atoms with Crippen molar-refractivity contribution in [1.82, 2.24) is 10.6 Å². The van der Waals surface area contributed by atoms with Crippen molar-refractivity contribution in [3.8, 4) is 6.07 Å². The van der Waals surface area contributed by atoms with Crippen molar-refractivity contribution in [1.29, 1.82) is 5.26 Å². The van der Waals surface area contributed by atoms with Gasteiger partial charge in [-0.3, -0.25) is 9.59 Å². The number of amides is 2. The van der Waals surface area contributed by atoms with Crippen molar-refractivity contribution in [2.75, 3.05) is 6.54 Å². The third kappa shape index (κ3) is 5.01. The second kappa shape index (κ2) is 8.77. The molecular weight excluding hydrogens is 278 g/mol. The highest BCUT2D eigenvalue weighted by molar-refractivity contribution is 5.88. The quantitative estimate of drug-likeness (QED) is 0.739. The Morgan fingerprint density at radius 1 is 1.05 bits per heavy atom. The van der Waals surface area contributed by atoms with E-state index in [1.54, 1.807) is 0 Å². The van der Waals surface area contributed by atoms with Crippen LogP contribution in [0.4, 0.5) is 0 Å². The van der Waals surface area contributed by atoms with Crippen molar-refractivity contribution in [3.05, 3.63) is 0 Å². The van der Waals surface area contributed by atoms with Gasteiger partial charge < -0.3 is 10.6 Å². The maximum Gasteiger partial charge on any atom is 0.243 e. The summed E-state index contributed by atoms with van der Waals surface area (Å²) in [4.78, 5) is 24.6. The highest BCUT2D eigenvalue weighted by atomic mass is 16.2. The minimum atomic E-state index is -0.482. The number of rotatable bonds is 6. The summed E-state index contributed by atoms with van der Waals surface area (Å²) in [6.45, 7) is -0.000695. The first kappa shape index (κ1) is 16.8. The first-order chi connectivity index (χ1) is 10.7. The lowest BCUT2D eigenvalue weighted by molar-refractivity contribution is -0.131. The third-order valence-electron chi connectivity index (χ3n) is 4.99. The molecule has 0 aromatic rings. The smallest absolute Gasteiger partial charge is 0.243 e. The van der Waals surface area contributed by atoms with Gasteiger partial charge in [0.25, 0.3) is 0 Å². The van der Waals surface area contributed by atoms with Gasteiger partial charge >= 0.3 is 0 Å². The summed E-state index contributed by atoms with van der Waals surface area (Å²) in [5.41, 5.74) is 0. The molecule has 2 rings (SSSR count). The molecule has 2 saturated carbocycles. The predicted octanol–water partition coefficient (Wildman–Crippen LogP) is 2.27. The SMILES string of the molecule is N#CCNC(=O)[C@H](CC1CCCCC1)NC(=O)C1CCCC1. The summed E-state index contributed by atoms with van der Waals surface area (Å²) in [6, 6.07) is 1.44. The number of hydrogen-bond donors (Lipinski definition) is 2. The van der Waals surface area contributed by atoms with Gasteiger partial charge in [0.2, 0.25) is 11.8 Å². The van der Waals surface area contributed by atoms with Gasteiger partial charge in [-0.05, 0) is 25.2 Å². The Morgan fingerprint density at radius 2 is 1.68 bits per heavy atom. The molecule has 0 aromatic carbocycles. The average Bonchev–Trinajstić information content (AvgIpc) is 3.07. The van der Waals surface area contributed by atoms with Crippen LogP contribution in [-0.2, 0) is 9.59 Å². The van der Waals surface area contributed by atoms with Crippen LogP contribution < -0.4 is 10.6 Å². The molecule has 2 fully saturated rings. The lowest BCUT2D eigenvalue weighted by atomic mass is 9.84. The van der Waals surface area contributed by atoms with Gasteiger partial charge in [0.05, 0.1) is 6.07 Å². The molecule has 1 atom stereocenters. The monoisotopic (exact) mass is 305 g/mol. The van der Waals surface area contributed by atoms with Crippen LogP contribution >= 0.6 is 0 Å². The molecule has 5 nitrogen and oxygen atoms in total. The van der Waals surface area contributed by atoms with Crippen molar-refractivity contribution in [2.24, 2.45) is 11.8 Å². The number of carbonyl (C=O) groups is 2. The molecule has 0 aromatic heterocycles. The number of carbonyl (C=O) groups excluding carboxylic acids is 2. The van der Waals surface area contributed by atoms with Gasteiger partial charge in [-0.2, -0.15) is 5.26 Å². The summed E-state index contributed by atoms with van der Waals surface area (Å²) in [6.07, 6.45) is 10.8. The standard InChI is InChI=1S/C17H27N3O2/c18-10-11-19-17(22)15(12-13-6-2-1-3-7-13)20-16(21)14-8-4-5-9-14/h13-15H,1-9,11-12H2,(H,19,22)(H,20,21)/t15-/m0/s1. The minimum Gasteiger partial charge on any atom is -0.344 e. The zero-order chi connectivity index (χ0) is 15.8. The Morgan fingerprint density at radius 3 is 2.32 bits per heavy atom. The lowest BCUT2D eigenvalue weighted by Crippen LogP contribution is -2.49. The van der Waals surface area contributed by atoms with E-state index in [4.69, 9.17) is 5.26 Å². The fourth-order valence-electron chi connectivity index (χ4n) is 3.72. The second-order valence-corrected chi connectivity index (χ2v) is 6.66. The molecule has 0 unspecified atom stereocenters. The largest absolute Gasteiger partial charge is 0.344 e. The first-order valence-electron chi connectivity index (χ1n) is 8.65. The summed E-state index contributed by atoms with van der Waals surface area (Å²) < 4.78 is 0. The van der Waals surface area contributed by atoms with Gasteiger partial charge in [-0.1, -0.05) is 44.9 Å². The predicted molar refractivity (Wildman–Crippen MR) is 83.7 cm³/mol. The van der Waals surface area contributed by atoms with Gasteiger partial charge in [-0.25, -0.2) is 0 Å². The fraction of sp³-hybridized carbons (Fsp3) is 0.824. The van der Waals surface area contributed by atoms with Crippen LogP contribution in [0.25, 0.3) is 0 Å². The van der Waals surface area contributed by atoms with E-state index in [1.807, 2.05) is 6.07 Å². The Labute approximate surface area is 132 Å². The zero-order valence-electron chi connectivity index (χ0n) is 13.3. The van der Waals surface area contributed by atoms with Crippen LogP contribution in [-0.4, -0.2) is 24.4 Å². The van der Waals surface area contributed by atoms with Gasteiger partial charge in [0, 0.05) is 5.92 Å². The van der Waals surface area contributed by atoms with Crippen molar-refractivity contribution < 1.29 is 9.59 Å². The molecule has 0 radical (unpaired) electrons. The molecule has 122 valence electrons. The van der Waals surface area contributed by atoms with E-state index < -0.39 is 6.04 Å². The van der Waals surface area contributed by atoms with Crippen molar-refractivity contribution in [3.63, 3.8) is 0 Å². The van der Waals surface area contributed by atoms with E-state index >= 15 is 0 Å². The molecule has 0 bridgehead atoms. The Kier molecular flexibility index (Phi) is 6.70. The van der Waals surface area contributed by atoms with E-state index in [0.717, 1.165) is 38.5 Å². The zero-order valence-corrected chi connectivity index (χ0v) is 13.3. The van der Waals surface area contributed by atoms with Crippen molar-refractivity contribution >= 4 is 11.8 Å². The summed E-state index contributed by atoms with van der Waals surface area (Å²) in [5.74, 6) is 0.386. The van der Waals surface area contributed by atoms with E-state index in [2.05, 4.69) is 10.6 Å². The lowest BCUT2D eigenvalue weighted by Gasteiger charge is -2.27. The minimum absolute atomic E-state index is 0.000695. The highest BCUT2D eigenvalue weighted by Crippen LogP contribution is 2.28. The molecule has 2 aliphatic rings. The van der Waals surface area contributed by atoms with Gasteiger partial charge in [0.1, 0.15) is 12.6 Å². The van der Waals surface area contributed by atoms with Crippen LogP contribution in [0, 0.1) is 23.2 Å². The molecule has 0 heterocycles. The topological polar surface area (TPSA) is 82.0 Å². The molecule has 2 N–H and O–H groups in total. The first-order valence-corrected chi connectivity index (χ1v) is 8.65. The molecular formula is C17H27N3O2. The molecule has 0 spiro atoms. The maximum atomic E-state index is 12.3. The summed E-state index contributed by atoms with van der Waals surface area (Å²) >= 11 is 0. The van der Waals surface area contributed by atoms with Gasteiger partial charge in [0.15, 0.2) is 0 Å². The molecule has 22 heavy (non-hydrogen) atoms. The van der Waals surface area contributed by atoms with Crippen LogP contribution in [0.1, 0.15) is 64.2 Å². The van der Waals surface area contributed by atoms with E-state index in [0.29, 0.717) is 12.3 Å². The second-order valence-electron chi connectivity index (χ2n) is 6.66. The van der Waals surface area contributed by atoms with Crippen LogP contribution in [0.3, 0.4) is 0 Å². The summed E-state index contributed by atoms with van der Waals surface area (Å²) in [7, 11) is 0. The molecule has 0 saturated heterocycles. The van der Waals surface area contributed by atoms with Gasteiger partial charge in [-0.15, -0.1) is 0 Å². The number of nitriles is 1. The Balaban J connectivity index is 1.91. The molecule has 5 heteroatoms. The molecule has 0 aliphatic heterocycles. The van der Waals surface area contributed by atoms with Crippen molar-refractivity contribution in [2.45, 2.75) is 70.3 Å². The Bertz CT molecular complexity index is 418. The van der Waals surface area contributed by atoms with E-state index in [9.17, 15) is 9.59 Å². The number of hydrogen-bond acceptors (Lipinski definition) is 3. The maximum absolute atomic E-state index is 12.3. The molecule has 2 aliphatic carbocycles. The summed E-state index contributed by atoms with van der Waals surface area (Å²) in [5, 5.41) is 14.2. The van der Waals surface area contributed by atoms with Crippen LogP contribution in [0.15, 0.2) is 0 Å². The Hall–Kier alpha value is -1.57. The highest BCUT2D eigenvalue weighted by Gasteiger charge is 2.29. The van der Waals surface area contributed by atoms with Crippen LogP contribution in [0.2, 0.25) is 0 Å². The number of nitrogens with one attached hydrogen (secondary N) is 2. The third-order valence-corrected chi connectivity index (χ3v) is 4.99. The van der Waals surface area contributed by atoms with Crippen LogP contribution in [0.5, 0.6) is 0 Å². The number of nitrogens with zero attached hydrogens (tertiary/aromatic N) is 1. The average molecular weight is 305 g/mol. The normalized spacial score (nSPS) is 21.0.